The van der Waals surface area contributed by atoms with Crippen molar-refractivity contribution in [1.82, 2.24) is 0 Å². The van der Waals surface area contributed by atoms with Gasteiger partial charge in [-0.3, -0.25) is 0 Å². The lowest BCUT2D eigenvalue weighted by molar-refractivity contribution is -0.160. The average molecular weight is 431 g/mol. The maximum Gasteiger partial charge on any atom is 0.337 e. The van der Waals surface area contributed by atoms with E-state index in [2.05, 4.69) is 71.0 Å². The minimum Gasteiger partial charge on any atom is -0.479 e. The normalized spacial score (nSPS) is 12.6. The summed E-state index contributed by atoms with van der Waals surface area (Å²) in [5.41, 5.74) is 10.2. The van der Waals surface area contributed by atoms with E-state index < -0.39 is 17.7 Å². The molecule has 0 radical (unpaired) electrons. The molecule has 0 heterocycles. The minimum absolute atomic E-state index is 0.593. The fraction of sp³-hybridized carbons (Fsp3) is 0.345. The van der Waals surface area contributed by atoms with Gasteiger partial charge in [-0.25, -0.2) is 4.79 Å². The number of hydrogen-bond acceptors (Lipinski definition) is 2. The van der Waals surface area contributed by atoms with Crippen LogP contribution in [0.3, 0.4) is 0 Å². The molecule has 1 atom stereocenters. The molecule has 0 saturated carbocycles. The lowest BCUT2D eigenvalue weighted by Gasteiger charge is -2.28. The average Bonchev–Trinajstić information content (AvgIpc) is 2.69. The van der Waals surface area contributed by atoms with Gasteiger partial charge >= 0.3 is 5.97 Å². The predicted octanol–water partition coefficient (Wildman–Crippen LogP) is 7.50. The van der Waals surface area contributed by atoms with Crippen molar-refractivity contribution < 1.29 is 14.6 Å². The van der Waals surface area contributed by atoms with Gasteiger partial charge in [-0.2, -0.15) is 0 Å². The van der Waals surface area contributed by atoms with Gasteiger partial charge in [0, 0.05) is 5.56 Å². The van der Waals surface area contributed by atoms with E-state index in [9.17, 15) is 9.90 Å². The van der Waals surface area contributed by atoms with Gasteiger partial charge in [0.25, 0.3) is 0 Å². The van der Waals surface area contributed by atoms with Crippen LogP contribution in [0.25, 0.3) is 22.3 Å². The van der Waals surface area contributed by atoms with Gasteiger partial charge in [-0.1, -0.05) is 48.5 Å². The van der Waals surface area contributed by atoms with E-state index >= 15 is 0 Å². The zero-order valence-corrected chi connectivity index (χ0v) is 20.5. The Hall–Kier alpha value is -2.91. The van der Waals surface area contributed by atoms with Crippen molar-refractivity contribution in [3.63, 3.8) is 0 Å². The summed E-state index contributed by atoms with van der Waals surface area (Å²) in [4.78, 5) is 12.3. The SMILES string of the molecule is Cc1ccc(-c2ccc(C(OC(C)(C)C)C(=O)O)c(-c3ccc(C)c(C)c3)c2C)cc1C. The molecule has 3 rings (SSSR count). The third-order valence-electron chi connectivity index (χ3n) is 6.09. The molecule has 1 unspecified atom stereocenters. The topological polar surface area (TPSA) is 46.5 Å². The number of aryl methyl sites for hydroxylation is 4. The number of carboxylic acids is 1. The van der Waals surface area contributed by atoms with Crippen molar-refractivity contribution >= 4 is 5.97 Å². The number of carboxylic acid groups (broad SMARTS) is 1. The van der Waals surface area contributed by atoms with Crippen LogP contribution in [0.5, 0.6) is 0 Å². The highest BCUT2D eigenvalue weighted by Gasteiger charge is 2.30. The molecule has 3 heteroatoms. The lowest BCUT2D eigenvalue weighted by Crippen LogP contribution is -2.27. The van der Waals surface area contributed by atoms with Gasteiger partial charge in [-0.15, -0.1) is 0 Å². The number of benzene rings is 3. The van der Waals surface area contributed by atoms with Gasteiger partial charge in [-0.05, 0) is 105 Å². The number of carbonyl (C=O) groups is 1. The Labute approximate surface area is 192 Å². The Bertz CT molecular complexity index is 1170. The zero-order chi connectivity index (χ0) is 23.8. The van der Waals surface area contributed by atoms with E-state index in [-0.39, 0.29) is 0 Å². The molecule has 168 valence electrons. The first-order chi connectivity index (χ1) is 14.9. The number of aliphatic carboxylic acids is 1. The van der Waals surface area contributed by atoms with Crippen LogP contribution < -0.4 is 0 Å². The number of rotatable bonds is 5. The minimum atomic E-state index is -1.06. The Balaban J connectivity index is 2.31. The molecule has 0 aliphatic carbocycles. The third-order valence-corrected chi connectivity index (χ3v) is 6.09. The van der Waals surface area contributed by atoms with E-state index in [0.29, 0.717) is 5.56 Å². The standard InChI is InChI=1S/C29H34O3/c1-17-9-11-22(15-19(17)3)24-13-14-25(27(28(30)31)32-29(6,7)8)26(21(24)5)23-12-10-18(2)20(4)16-23/h9-16,27H,1-8H3,(H,30,31). The summed E-state index contributed by atoms with van der Waals surface area (Å²) >= 11 is 0. The van der Waals surface area contributed by atoms with Gasteiger partial charge in [0.1, 0.15) is 0 Å². The van der Waals surface area contributed by atoms with Crippen LogP contribution in [-0.4, -0.2) is 16.7 Å². The second-order valence-corrected chi connectivity index (χ2v) is 9.75. The molecule has 3 aromatic carbocycles. The molecule has 3 aromatic rings. The molecule has 0 spiro atoms. The van der Waals surface area contributed by atoms with Gasteiger partial charge in [0.05, 0.1) is 5.60 Å². The molecule has 0 bridgehead atoms. The quantitative estimate of drug-likeness (QED) is 0.456. The Morgan fingerprint density at radius 1 is 0.781 bits per heavy atom. The highest BCUT2D eigenvalue weighted by molar-refractivity contribution is 5.86. The smallest absolute Gasteiger partial charge is 0.337 e. The van der Waals surface area contributed by atoms with Crippen LogP contribution in [0.1, 0.15) is 60.3 Å². The molecule has 1 N–H and O–H groups in total. The van der Waals surface area contributed by atoms with Crippen LogP contribution in [0, 0.1) is 34.6 Å². The molecule has 0 aliphatic heterocycles. The second-order valence-electron chi connectivity index (χ2n) is 9.75. The van der Waals surface area contributed by atoms with Crippen LogP contribution in [0.2, 0.25) is 0 Å². The number of hydrogen-bond donors (Lipinski definition) is 1. The predicted molar refractivity (Wildman–Crippen MR) is 132 cm³/mol. The monoisotopic (exact) mass is 430 g/mol. The van der Waals surface area contributed by atoms with Gasteiger partial charge in [0.15, 0.2) is 6.10 Å². The fourth-order valence-corrected chi connectivity index (χ4v) is 4.05. The molecular weight excluding hydrogens is 396 g/mol. The van der Waals surface area contributed by atoms with Crippen LogP contribution in [-0.2, 0) is 9.53 Å². The molecule has 0 saturated heterocycles. The molecule has 32 heavy (non-hydrogen) atoms. The van der Waals surface area contributed by atoms with Gasteiger partial charge < -0.3 is 9.84 Å². The third kappa shape index (κ3) is 4.94. The van der Waals surface area contributed by atoms with E-state index in [1.807, 2.05) is 32.9 Å². The van der Waals surface area contributed by atoms with Crippen molar-refractivity contribution in [2.24, 2.45) is 0 Å². The van der Waals surface area contributed by atoms with Crippen molar-refractivity contribution in [2.75, 3.05) is 0 Å². The highest BCUT2D eigenvalue weighted by atomic mass is 16.5. The van der Waals surface area contributed by atoms with Crippen molar-refractivity contribution in [1.29, 1.82) is 0 Å². The zero-order valence-electron chi connectivity index (χ0n) is 20.5. The Morgan fingerprint density at radius 3 is 1.81 bits per heavy atom. The summed E-state index contributed by atoms with van der Waals surface area (Å²) in [6.45, 7) is 16.1. The maximum atomic E-state index is 12.3. The first kappa shape index (κ1) is 23.7. The van der Waals surface area contributed by atoms with E-state index in [0.717, 1.165) is 27.8 Å². The highest BCUT2D eigenvalue weighted by Crippen LogP contribution is 2.40. The van der Waals surface area contributed by atoms with Crippen molar-refractivity contribution in [2.45, 2.75) is 67.1 Å². The summed E-state index contributed by atoms with van der Waals surface area (Å²) < 4.78 is 6.04. The molecule has 0 fully saturated rings. The van der Waals surface area contributed by atoms with Crippen molar-refractivity contribution in [3.8, 4) is 22.3 Å². The van der Waals surface area contributed by atoms with Crippen LogP contribution in [0.15, 0.2) is 48.5 Å². The van der Waals surface area contributed by atoms with E-state index in [4.69, 9.17) is 4.74 Å². The summed E-state index contributed by atoms with van der Waals surface area (Å²) in [5, 5.41) is 10.1. The fourth-order valence-electron chi connectivity index (χ4n) is 4.05. The molecule has 0 aromatic heterocycles. The lowest BCUT2D eigenvalue weighted by atomic mass is 9.85. The second kappa shape index (κ2) is 8.91. The van der Waals surface area contributed by atoms with Crippen LogP contribution >= 0.6 is 0 Å². The maximum absolute atomic E-state index is 12.3. The number of ether oxygens (including phenoxy) is 1. The molecule has 0 aliphatic rings. The van der Waals surface area contributed by atoms with Gasteiger partial charge in [0.2, 0.25) is 0 Å². The first-order valence-electron chi connectivity index (χ1n) is 11.1. The summed E-state index contributed by atoms with van der Waals surface area (Å²) in [6.07, 6.45) is -1.06. The van der Waals surface area contributed by atoms with E-state index in [1.54, 1.807) is 0 Å². The van der Waals surface area contributed by atoms with Crippen LogP contribution in [0.4, 0.5) is 0 Å². The Morgan fingerprint density at radius 2 is 1.31 bits per heavy atom. The van der Waals surface area contributed by atoms with Crippen molar-refractivity contribution in [3.05, 3.63) is 81.9 Å². The Kier molecular flexibility index (Phi) is 6.61. The first-order valence-corrected chi connectivity index (χ1v) is 11.1. The summed E-state index contributed by atoms with van der Waals surface area (Å²) in [5.74, 6) is -0.983. The molecular formula is C29H34O3. The molecule has 0 amide bonds. The summed E-state index contributed by atoms with van der Waals surface area (Å²) in [7, 11) is 0. The van der Waals surface area contributed by atoms with E-state index in [1.165, 1.54) is 22.3 Å². The molecule has 3 nitrogen and oxygen atoms in total. The largest absolute Gasteiger partial charge is 0.479 e. The summed E-state index contributed by atoms with van der Waals surface area (Å²) in [6, 6.07) is 16.7.